The standard InChI is InChI=1S/C49H41ClN16O22S7/c1-21-14-27(89(68,69)70)6-9-30(21)54-47-58-44(50)57-45(59-47)52-25-4-12-36(93(80,81)82)34(19-25)64-66-42-38(95(86,87)88)18-24-17-37(94(83,84)85)41(40(51)39(24)43(42)67)65-63-33-20-26(5-13-35(33)92(77,78)79)53-46-60-48(55-31-10-7-28(15-22(31)2)90(71,72)73)62-49(61-46)56-32-11-8-29(16-23(32)3)91(74,75)76/h4-20,67H,51H2,1-3H3,(H,68,69,70)(H,71,72,73)(H,74,75,76)(H,77,78,79)(H,80,81,82)(H,83,84,85)(H,86,87,88)(H2,52,54,57,58,59)(H3,53,55,56,60,61,62). The maximum Gasteiger partial charge on any atom is 0.296 e. The SMILES string of the molecule is Cc1cc(S(=O)(=O)O)ccc1Nc1nc(Cl)nc(Nc2ccc(S(=O)(=O)O)c(N=Nc3c(S(=O)(=O)O)cc4cc(S(=O)(=O)O)c(N=Nc5cc(Nc6nc(Nc7ccc(S(=O)(=O)O)cc7C)nc(Nc7ccc(S(=O)(=O)O)cc7C)n6)ccc5S(=O)(=O)O)c(N)c4c3O)c2)n1. The molecule has 0 unspecified atom stereocenters. The summed E-state index contributed by atoms with van der Waals surface area (Å²) in [5, 5.41) is 38.6. The van der Waals surface area contributed by atoms with Crippen LogP contribution in [0.15, 0.2) is 158 Å². The second-order valence-electron chi connectivity index (χ2n) is 19.5. The molecule has 0 bridgehead atoms. The molecule has 15 N–H and O–H groups in total. The molecule has 95 heavy (non-hydrogen) atoms. The molecule has 0 atom stereocenters. The van der Waals surface area contributed by atoms with Gasteiger partial charge in [-0.2, -0.15) is 88.8 Å². The van der Waals surface area contributed by atoms with Gasteiger partial charge in [0.1, 0.15) is 42.3 Å². The Hall–Kier alpha value is -9.72. The van der Waals surface area contributed by atoms with E-state index in [1.807, 2.05) is 0 Å². The van der Waals surface area contributed by atoms with E-state index in [4.69, 9.17) is 17.3 Å². The highest BCUT2D eigenvalue weighted by Crippen LogP contribution is 2.49. The molecule has 9 aromatic rings. The summed E-state index contributed by atoms with van der Waals surface area (Å²) in [6, 6.07) is 16.4. The number of anilines is 11. The zero-order chi connectivity index (χ0) is 69.9. The number of aromatic nitrogens is 6. The summed E-state index contributed by atoms with van der Waals surface area (Å²) < 4.78 is 244. The minimum atomic E-state index is -5.62. The monoisotopic (exact) mass is 1460 g/mol. The Bertz CT molecular complexity index is 5560. The number of fused-ring (bicyclic) bond motifs is 1. The molecule has 0 spiro atoms. The number of nitrogens with one attached hydrogen (secondary N) is 5. The average Bonchev–Trinajstić information content (AvgIpc) is 0.740. The van der Waals surface area contributed by atoms with E-state index in [0.717, 1.165) is 72.8 Å². The Morgan fingerprint density at radius 3 is 1.03 bits per heavy atom. The number of halogens is 1. The predicted molar refractivity (Wildman–Crippen MR) is 335 cm³/mol. The lowest BCUT2D eigenvalue weighted by atomic mass is 10.1. The van der Waals surface area contributed by atoms with E-state index in [9.17, 15) is 95.9 Å². The molecule has 0 aliphatic rings. The van der Waals surface area contributed by atoms with Crippen molar-refractivity contribution in [1.29, 1.82) is 0 Å². The summed E-state index contributed by atoms with van der Waals surface area (Å²) in [7, 11) is -35.7. The Kier molecular flexibility index (Phi) is 18.7. The third-order valence-electron chi connectivity index (χ3n) is 12.8. The number of benzene rings is 7. The van der Waals surface area contributed by atoms with Gasteiger partial charge in [-0.15, -0.1) is 20.5 Å². The smallest absolute Gasteiger partial charge is 0.296 e. The van der Waals surface area contributed by atoms with Crippen LogP contribution in [0.4, 0.5) is 86.6 Å². The summed E-state index contributed by atoms with van der Waals surface area (Å²) in [5.74, 6) is -3.05. The van der Waals surface area contributed by atoms with Crippen molar-refractivity contribution in [3.05, 3.63) is 125 Å². The molecule has 7 aromatic carbocycles. The van der Waals surface area contributed by atoms with E-state index in [1.54, 1.807) is 0 Å². The van der Waals surface area contributed by atoms with Crippen LogP contribution in [-0.4, -0.2) is 126 Å². The van der Waals surface area contributed by atoms with Crippen molar-refractivity contribution in [2.45, 2.75) is 55.0 Å². The minimum Gasteiger partial charge on any atom is -0.505 e. The van der Waals surface area contributed by atoms with Crippen LogP contribution in [0, 0.1) is 20.8 Å². The topological polar surface area (TPSA) is 614 Å². The molecule has 9 rings (SSSR count). The van der Waals surface area contributed by atoms with Crippen molar-refractivity contribution in [1.82, 2.24) is 29.9 Å². The highest BCUT2D eigenvalue weighted by Gasteiger charge is 2.30. The van der Waals surface area contributed by atoms with Gasteiger partial charge in [-0.1, -0.05) is 0 Å². The fraction of sp³-hybridized carbons (Fsp3) is 0.0612. The maximum absolute atomic E-state index is 13.1. The maximum atomic E-state index is 13.1. The van der Waals surface area contributed by atoms with Gasteiger partial charge in [0.2, 0.25) is 35.0 Å². The number of phenols is 1. The zero-order valence-electron chi connectivity index (χ0n) is 47.4. The van der Waals surface area contributed by atoms with Crippen LogP contribution < -0.4 is 32.3 Å². The van der Waals surface area contributed by atoms with Crippen LogP contribution in [0.1, 0.15) is 16.7 Å². The van der Waals surface area contributed by atoms with Gasteiger partial charge in [0.05, 0.1) is 25.8 Å². The lowest BCUT2D eigenvalue weighted by Crippen LogP contribution is -2.09. The van der Waals surface area contributed by atoms with Crippen molar-refractivity contribution in [2.75, 3.05) is 32.3 Å². The third-order valence-corrected chi connectivity index (χ3v) is 19.1. The molecule has 0 aliphatic carbocycles. The van der Waals surface area contributed by atoms with Gasteiger partial charge < -0.3 is 37.4 Å². The van der Waals surface area contributed by atoms with Gasteiger partial charge in [-0.05, 0) is 158 Å². The summed E-state index contributed by atoms with van der Waals surface area (Å²) in [6.45, 7) is 4.39. The number of hydrogen-bond acceptors (Lipinski definition) is 31. The van der Waals surface area contributed by atoms with E-state index < -0.39 is 161 Å². The van der Waals surface area contributed by atoms with Gasteiger partial charge in [0, 0.05) is 28.4 Å². The van der Waals surface area contributed by atoms with Gasteiger partial charge in [-0.3, -0.25) is 31.9 Å². The first-order valence-electron chi connectivity index (χ1n) is 25.3. The molecule has 2 aromatic heterocycles. The number of phenolic OH excluding ortho intramolecular Hbond substituents is 1. The average molecular weight is 1470 g/mol. The Morgan fingerprint density at radius 2 is 0.695 bits per heavy atom. The summed E-state index contributed by atoms with van der Waals surface area (Å²) in [5.41, 5.74) is 2.16. The molecule has 2 heterocycles. The van der Waals surface area contributed by atoms with Crippen LogP contribution in [0.3, 0.4) is 0 Å². The number of hydrogen-bond donors (Lipinski definition) is 14. The van der Waals surface area contributed by atoms with Gasteiger partial charge in [0.25, 0.3) is 70.8 Å². The third kappa shape index (κ3) is 16.3. The number of aryl methyl sites for hydroxylation is 3. The minimum absolute atomic E-state index is 0.172. The summed E-state index contributed by atoms with van der Waals surface area (Å²) in [4.78, 5) is 18.7. The van der Waals surface area contributed by atoms with Crippen molar-refractivity contribution in [3.8, 4) is 5.75 Å². The molecule has 0 fully saturated rings. The van der Waals surface area contributed by atoms with Crippen molar-refractivity contribution < 1.29 is 95.9 Å². The van der Waals surface area contributed by atoms with Crippen LogP contribution >= 0.6 is 11.6 Å². The molecule has 0 aliphatic heterocycles. The van der Waals surface area contributed by atoms with Crippen LogP contribution in [-0.2, 0) is 70.8 Å². The number of nitrogens with zero attached hydrogens (tertiary/aromatic N) is 10. The highest BCUT2D eigenvalue weighted by molar-refractivity contribution is 7.87. The number of azo groups is 2. The fourth-order valence-electron chi connectivity index (χ4n) is 8.53. The number of aromatic hydroxyl groups is 1. The van der Waals surface area contributed by atoms with Crippen molar-refractivity contribution >= 4 is 180 Å². The van der Waals surface area contributed by atoms with Gasteiger partial charge >= 0.3 is 0 Å². The molecule has 46 heteroatoms. The molecular weight excluding hydrogens is 1420 g/mol. The van der Waals surface area contributed by atoms with Gasteiger partial charge in [-0.25, -0.2) is 0 Å². The first kappa shape index (κ1) is 69.6. The molecule has 0 radical (unpaired) electrons. The van der Waals surface area contributed by atoms with E-state index in [-0.39, 0.29) is 68.9 Å². The van der Waals surface area contributed by atoms with Crippen LogP contribution in [0.2, 0.25) is 5.28 Å². The van der Waals surface area contributed by atoms with E-state index in [0.29, 0.717) is 12.1 Å². The Balaban J connectivity index is 1.11. The number of rotatable bonds is 21. The molecule has 0 saturated carbocycles. The van der Waals surface area contributed by atoms with Crippen LogP contribution in [0.5, 0.6) is 5.75 Å². The lowest BCUT2D eigenvalue weighted by Gasteiger charge is -2.15. The van der Waals surface area contributed by atoms with Crippen LogP contribution in [0.25, 0.3) is 10.8 Å². The lowest BCUT2D eigenvalue weighted by molar-refractivity contribution is 0.472. The van der Waals surface area contributed by atoms with Crippen molar-refractivity contribution in [2.24, 2.45) is 20.5 Å². The number of nitrogens with two attached hydrogens (primary N) is 1. The molecule has 0 amide bonds. The number of nitrogen functional groups attached to an aromatic ring is 1. The zero-order valence-corrected chi connectivity index (χ0v) is 53.9. The van der Waals surface area contributed by atoms with Gasteiger partial charge in [0.15, 0.2) is 5.75 Å². The molecular formula is C49H41ClN16O22S7. The normalized spacial score (nSPS) is 12.7. The van der Waals surface area contributed by atoms with E-state index in [1.165, 1.54) is 39.0 Å². The highest BCUT2D eigenvalue weighted by atomic mass is 35.5. The molecule has 38 nitrogen and oxygen atoms in total. The summed E-state index contributed by atoms with van der Waals surface area (Å²) in [6.07, 6.45) is 0. The first-order valence-corrected chi connectivity index (χ1v) is 35.8. The second kappa shape index (κ2) is 25.5. The Labute approximate surface area is 540 Å². The van der Waals surface area contributed by atoms with E-state index in [2.05, 4.69) is 76.9 Å². The second-order valence-corrected chi connectivity index (χ2v) is 29.7. The summed E-state index contributed by atoms with van der Waals surface area (Å²) >= 11 is 6.14. The Morgan fingerprint density at radius 1 is 0.379 bits per heavy atom. The molecule has 0 saturated heterocycles. The van der Waals surface area contributed by atoms with Crippen molar-refractivity contribution in [3.63, 3.8) is 0 Å². The predicted octanol–water partition coefficient (Wildman–Crippen LogP) is 8.35. The first-order chi connectivity index (χ1) is 43.9. The van der Waals surface area contributed by atoms with E-state index >= 15 is 0 Å². The molecule has 498 valence electrons. The fourth-order valence-corrected chi connectivity index (χ4v) is 12.9. The largest absolute Gasteiger partial charge is 0.505 e. The quantitative estimate of drug-likeness (QED) is 0.0182.